The minimum Gasteiger partial charge on any atom is -0.351 e. The maximum Gasteiger partial charge on any atom is 0.242 e. The van der Waals surface area contributed by atoms with Crippen molar-refractivity contribution in [3.8, 4) is 0 Å². The first kappa shape index (κ1) is 20.4. The summed E-state index contributed by atoms with van der Waals surface area (Å²) in [5.41, 5.74) is 1.48. The smallest absolute Gasteiger partial charge is 0.242 e. The van der Waals surface area contributed by atoms with Crippen LogP contribution in [0.2, 0.25) is 0 Å². The number of benzene rings is 2. The second-order valence-electron chi connectivity index (χ2n) is 5.79. The predicted molar refractivity (Wildman–Crippen MR) is 102 cm³/mol. The molecule has 0 radical (unpaired) electrons. The Morgan fingerprint density at radius 3 is 2.42 bits per heavy atom. The van der Waals surface area contributed by atoms with Crippen LogP contribution in [0.25, 0.3) is 0 Å². The monoisotopic (exact) mass is 396 g/mol. The highest BCUT2D eigenvalue weighted by Crippen LogP contribution is 2.18. The summed E-state index contributed by atoms with van der Waals surface area (Å²) in [7, 11) is -0.628. The molecule has 8 heteroatoms. The zero-order chi connectivity index (χ0) is 19.2. The number of hydrogen-bond donors (Lipinski definition) is 1. The van der Waals surface area contributed by atoms with Crippen molar-refractivity contribution in [3.05, 3.63) is 65.5 Å². The number of carbonyl (C=O) groups is 1. The Labute approximate surface area is 157 Å². The molecule has 0 fully saturated rings. The third-order valence-electron chi connectivity index (χ3n) is 3.62. The lowest BCUT2D eigenvalue weighted by Gasteiger charge is -2.15. The van der Waals surface area contributed by atoms with Gasteiger partial charge in [-0.1, -0.05) is 30.3 Å². The SMILES string of the molecule is CN(C)S(=O)(=O)c1ccccc1CNC(=O)CSCc1ccc(F)cc1. The first-order valence-electron chi connectivity index (χ1n) is 7.90. The molecule has 0 heterocycles. The summed E-state index contributed by atoms with van der Waals surface area (Å²) in [5, 5.41) is 2.74. The minimum atomic E-state index is -3.57. The normalized spacial score (nSPS) is 11.5. The number of carbonyl (C=O) groups excluding carboxylic acids is 1. The standard InChI is InChI=1S/C18H21FN2O3S2/c1-21(2)26(23,24)17-6-4-3-5-15(17)11-20-18(22)13-25-12-14-7-9-16(19)10-8-14/h3-10H,11-13H2,1-2H3,(H,20,22). The second kappa shape index (κ2) is 9.16. The quantitative estimate of drug-likeness (QED) is 0.745. The van der Waals surface area contributed by atoms with Gasteiger partial charge >= 0.3 is 0 Å². The summed E-state index contributed by atoms with van der Waals surface area (Å²) in [6.45, 7) is 0.138. The predicted octanol–water partition coefficient (Wildman–Crippen LogP) is 2.63. The molecule has 5 nitrogen and oxygen atoms in total. The van der Waals surface area contributed by atoms with Gasteiger partial charge in [-0.2, -0.15) is 0 Å². The van der Waals surface area contributed by atoms with E-state index in [4.69, 9.17) is 0 Å². The third kappa shape index (κ3) is 5.55. The van der Waals surface area contributed by atoms with E-state index in [1.807, 2.05) is 0 Å². The summed E-state index contributed by atoms with van der Waals surface area (Å²) >= 11 is 1.41. The molecule has 2 aromatic rings. The molecule has 0 aromatic heterocycles. The van der Waals surface area contributed by atoms with Crippen molar-refractivity contribution >= 4 is 27.7 Å². The number of rotatable bonds is 8. The maximum absolute atomic E-state index is 12.8. The molecule has 0 saturated heterocycles. The molecular formula is C18H21FN2O3S2. The number of hydrogen-bond acceptors (Lipinski definition) is 4. The third-order valence-corrected chi connectivity index (χ3v) is 6.54. The topological polar surface area (TPSA) is 66.5 Å². The van der Waals surface area contributed by atoms with Gasteiger partial charge in [-0.3, -0.25) is 4.79 Å². The van der Waals surface area contributed by atoms with Gasteiger partial charge in [0.25, 0.3) is 0 Å². The van der Waals surface area contributed by atoms with Gasteiger partial charge in [0, 0.05) is 26.4 Å². The van der Waals surface area contributed by atoms with E-state index in [0.29, 0.717) is 11.3 Å². The molecule has 0 aliphatic heterocycles. The highest BCUT2D eigenvalue weighted by Gasteiger charge is 2.20. The van der Waals surface area contributed by atoms with E-state index in [9.17, 15) is 17.6 Å². The summed E-state index contributed by atoms with van der Waals surface area (Å²) in [5.74, 6) is 0.358. The Balaban J connectivity index is 1.89. The molecule has 2 rings (SSSR count). The van der Waals surface area contributed by atoms with Crippen molar-refractivity contribution in [2.75, 3.05) is 19.8 Å². The van der Waals surface area contributed by atoms with E-state index >= 15 is 0 Å². The molecule has 140 valence electrons. The van der Waals surface area contributed by atoms with Gasteiger partial charge in [0.15, 0.2) is 0 Å². The van der Waals surface area contributed by atoms with Crippen LogP contribution in [-0.4, -0.2) is 38.5 Å². The molecule has 0 unspecified atom stereocenters. The number of halogens is 1. The minimum absolute atomic E-state index is 0.138. The van der Waals surface area contributed by atoms with E-state index in [-0.39, 0.29) is 28.9 Å². The Morgan fingerprint density at radius 1 is 1.12 bits per heavy atom. The van der Waals surface area contributed by atoms with Gasteiger partial charge in [0.1, 0.15) is 5.82 Å². The van der Waals surface area contributed by atoms with E-state index < -0.39 is 10.0 Å². The second-order valence-corrected chi connectivity index (χ2v) is 8.90. The van der Waals surface area contributed by atoms with E-state index in [1.165, 1.54) is 44.1 Å². The van der Waals surface area contributed by atoms with Crippen LogP contribution >= 0.6 is 11.8 Å². The molecule has 0 saturated carbocycles. The Kier molecular flexibility index (Phi) is 7.19. The van der Waals surface area contributed by atoms with Gasteiger partial charge in [0.2, 0.25) is 15.9 Å². The van der Waals surface area contributed by atoms with Crippen LogP contribution in [0, 0.1) is 5.82 Å². The largest absolute Gasteiger partial charge is 0.351 e. The van der Waals surface area contributed by atoms with Crippen molar-refractivity contribution in [1.82, 2.24) is 9.62 Å². The molecule has 0 bridgehead atoms. The van der Waals surface area contributed by atoms with Crippen LogP contribution < -0.4 is 5.32 Å². The number of sulfonamides is 1. The molecule has 1 amide bonds. The molecule has 26 heavy (non-hydrogen) atoms. The molecular weight excluding hydrogens is 375 g/mol. The number of amides is 1. The summed E-state index contributed by atoms with van der Waals surface area (Å²) in [4.78, 5) is 12.2. The molecule has 0 aliphatic carbocycles. The van der Waals surface area contributed by atoms with Gasteiger partial charge in [0.05, 0.1) is 10.6 Å². The van der Waals surface area contributed by atoms with E-state index in [2.05, 4.69) is 5.32 Å². The Hall–Kier alpha value is -1.90. The lowest BCUT2D eigenvalue weighted by atomic mass is 10.2. The summed E-state index contributed by atoms with van der Waals surface area (Å²) in [6.07, 6.45) is 0. The molecule has 0 spiro atoms. The maximum atomic E-state index is 12.8. The fourth-order valence-corrected chi connectivity index (χ4v) is 4.12. The fourth-order valence-electron chi connectivity index (χ4n) is 2.19. The Morgan fingerprint density at radius 2 is 1.77 bits per heavy atom. The zero-order valence-corrected chi connectivity index (χ0v) is 16.2. The van der Waals surface area contributed by atoms with Crippen LogP contribution in [0.15, 0.2) is 53.4 Å². The first-order valence-corrected chi connectivity index (χ1v) is 10.5. The van der Waals surface area contributed by atoms with Gasteiger partial charge in [-0.15, -0.1) is 11.8 Å². The van der Waals surface area contributed by atoms with E-state index in [0.717, 1.165) is 9.87 Å². The summed E-state index contributed by atoms with van der Waals surface area (Å²) < 4.78 is 38.7. The highest BCUT2D eigenvalue weighted by atomic mass is 32.2. The molecule has 2 aromatic carbocycles. The van der Waals surface area contributed by atoms with Crippen LogP contribution in [-0.2, 0) is 27.1 Å². The summed E-state index contributed by atoms with van der Waals surface area (Å²) in [6, 6.07) is 12.7. The van der Waals surface area contributed by atoms with Gasteiger partial charge in [-0.25, -0.2) is 17.1 Å². The van der Waals surface area contributed by atoms with Crippen LogP contribution in [0.5, 0.6) is 0 Å². The van der Waals surface area contributed by atoms with Crippen molar-refractivity contribution in [3.63, 3.8) is 0 Å². The number of nitrogens with zero attached hydrogens (tertiary/aromatic N) is 1. The fraction of sp³-hybridized carbons (Fsp3) is 0.278. The lowest BCUT2D eigenvalue weighted by molar-refractivity contribution is -0.118. The van der Waals surface area contributed by atoms with Crippen LogP contribution in [0.3, 0.4) is 0 Å². The molecule has 0 aliphatic rings. The van der Waals surface area contributed by atoms with Crippen molar-refractivity contribution in [2.45, 2.75) is 17.2 Å². The number of thioether (sulfide) groups is 1. The van der Waals surface area contributed by atoms with Crippen LogP contribution in [0.1, 0.15) is 11.1 Å². The molecule has 1 N–H and O–H groups in total. The zero-order valence-electron chi connectivity index (χ0n) is 14.6. The average molecular weight is 397 g/mol. The van der Waals surface area contributed by atoms with E-state index in [1.54, 1.807) is 30.3 Å². The number of nitrogens with one attached hydrogen (secondary N) is 1. The van der Waals surface area contributed by atoms with Crippen molar-refractivity contribution in [2.24, 2.45) is 0 Å². The van der Waals surface area contributed by atoms with Gasteiger partial charge in [-0.05, 0) is 29.3 Å². The average Bonchev–Trinajstić information content (AvgIpc) is 2.61. The van der Waals surface area contributed by atoms with Gasteiger partial charge < -0.3 is 5.32 Å². The first-order chi connectivity index (χ1) is 12.3. The molecule has 0 atom stereocenters. The van der Waals surface area contributed by atoms with Crippen LogP contribution in [0.4, 0.5) is 4.39 Å². The van der Waals surface area contributed by atoms with Crippen molar-refractivity contribution < 1.29 is 17.6 Å². The van der Waals surface area contributed by atoms with Crippen molar-refractivity contribution in [1.29, 1.82) is 0 Å². The highest BCUT2D eigenvalue weighted by molar-refractivity contribution is 7.99. The lowest BCUT2D eigenvalue weighted by Crippen LogP contribution is -2.28. The Bertz CT molecular complexity index is 853.